The zero-order chi connectivity index (χ0) is 11.8. The minimum Gasteiger partial charge on any atom is -0.493 e. The van der Waals surface area contributed by atoms with Crippen LogP contribution in [0.3, 0.4) is 0 Å². The highest BCUT2D eigenvalue weighted by molar-refractivity contribution is 5.50. The summed E-state index contributed by atoms with van der Waals surface area (Å²) < 4.78 is 11.1. The Bertz CT molecular complexity index is 313. The molecule has 16 heavy (non-hydrogen) atoms. The zero-order valence-corrected chi connectivity index (χ0v) is 10.2. The average Bonchev–Trinajstić information content (AvgIpc) is 2.26. The fraction of sp³-hybridized carbons (Fsp3) is 0.538. The first-order chi connectivity index (χ1) is 7.76. The molecule has 0 aliphatic rings. The number of hydrogen-bond acceptors (Lipinski definition) is 3. The molecule has 0 saturated carbocycles. The van der Waals surface area contributed by atoms with Crippen molar-refractivity contribution in [3.05, 3.63) is 18.2 Å². The highest BCUT2D eigenvalue weighted by Crippen LogP contribution is 2.24. The Hall–Kier alpha value is -1.38. The Morgan fingerprint density at radius 3 is 2.12 bits per heavy atom. The van der Waals surface area contributed by atoms with Gasteiger partial charge in [0.25, 0.3) is 0 Å². The Balaban J connectivity index is 2.58. The van der Waals surface area contributed by atoms with Crippen LogP contribution in [0.25, 0.3) is 0 Å². The summed E-state index contributed by atoms with van der Waals surface area (Å²) in [5.41, 5.74) is 6.46. The number of rotatable bonds is 7. The van der Waals surface area contributed by atoms with Crippen molar-refractivity contribution < 1.29 is 9.47 Å². The smallest absolute Gasteiger partial charge is 0.125 e. The van der Waals surface area contributed by atoms with Crippen molar-refractivity contribution in [3.63, 3.8) is 0 Å². The van der Waals surface area contributed by atoms with E-state index in [-0.39, 0.29) is 0 Å². The minimum atomic E-state index is 0.681. The van der Waals surface area contributed by atoms with Crippen molar-refractivity contribution in [2.24, 2.45) is 0 Å². The molecule has 1 aromatic carbocycles. The third-order valence-electron chi connectivity index (χ3n) is 2.14. The minimum absolute atomic E-state index is 0.681. The predicted molar refractivity (Wildman–Crippen MR) is 67.0 cm³/mol. The lowest BCUT2D eigenvalue weighted by Crippen LogP contribution is -2.00. The Morgan fingerprint density at radius 1 is 0.938 bits per heavy atom. The van der Waals surface area contributed by atoms with Crippen LogP contribution in [0.2, 0.25) is 0 Å². The number of hydrogen-bond donors (Lipinski definition) is 1. The van der Waals surface area contributed by atoms with Crippen molar-refractivity contribution in [2.75, 3.05) is 18.9 Å². The summed E-state index contributed by atoms with van der Waals surface area (Å²) in [5, 5.41) is 0. The summed E-state index contributed by atoms with van der Waals surface area (Å²) in [4.78, 5) is 0. The molecule has 0 bridgehead atoms. The number of nitrogens with two attached hydrogens (primary N) is 1. The Labute approximate surface area is 97.6 Å². The SMILES string of the molecule is CCCCOc1cc(N)cc(OCCC)c1. The highest BCUT2D eigenvalue weighted by atomic mass is 16.5. The van der Waals surface area contributed by atoms with Gasteiger partial charge in [0.15, 0.2) is 0 Å². The van der Waals surface area contributed by atoms with E-state index in [4.69, 9.17) is 15.2 Å². The highest BCUT2D eigenvalue weighted by Gasteiger charge is 2.00. The quantitative estimate of drug-likeness (QED) is 0.570. The molecular weight excluding hydrogens is 202 g/mol. The van der Waals surface area contributed by atoms with Crippen LogP contribution in [0.4, 0.5) is 5.69 Å². The summed E-state index contributed by atoms with van der Waals surface area (Å²) in [6.45, 7) is 5.65. The van der Waals surface area contributed by atoms with E-state index < -0.39 is 0 Å². The molecule has 0 saturated heterocycles. The van der Waals surface area contributed by atoms with E-state index in [1.807, 2.05) is 18.2 Å². The largest absolute Gasteiger partial charge is 0.493 e. The third-order valence-corrected chi connectivity index (χ3v) is 2.14. The number of benzene rings is 1. The van der Waals surface area contributed by atoms with Gasteiger partial charge in [-0.05, 0) is 12.8 Å². The van der Waals surface area contributed by atoms with Gasteiger partial charge in [0.05, 0.1) is 13.2 Å². The molecule has 0 atom stereocenters. The molecule has 0 aromatic heterocycles. The van der Waals surface area contributed by atoms with Crippen molar-refractivity contribution >= 4 is 5.69 Å². The lowest BCUT2D eigenvalue weighted by atomic mass is 10.3. The number of nitrogen functional groups attached to an aromatic ring is 1. The van der Waals surface area contributed by atoms with Crippen LogP contribution in [0.15, 0.2) is 18.2 Å². The summed E-state index contributed by atoms with van der Waals surface area (Å²) in [5.74, 6) is 1.58. The maximum atomic E-state index is 5.78. The topological polar surface area (TPSA) is 44.5 Å². The van der Waals surface area contributed by atoms with Gasteiger partial charge in [-0.25, -0.2) is 0 Å². The van der Waals surface area contributed by atoms with E-state index >= 15 is 0 Å². The molecule has 1 aromatic rings. The summed E-state index contributed by atoms with van der Waals surface area (Å²) in [7, 11) is 0. The summed E-state index contributed by atoms with van der Waals surface area (Å²) >= 11 is 0. The molecule has 0 heterocycles. The molecule has 0 aliphatic carbocycles. The second-order valence-electron chi connectivity index (χ2n) is 3.79. The van der Waals surface area contributed by atoms with Crippen LogP contribution < -0.4 is 15.2 Å². The van der Waals surface area contributed by atoms with Crippen LogP contribution in [-0.4, -0.2) is 13.2 Å². The van der Waals surface area contributed by atoms with E-state index in [2.05, 4.69) is 13.8 Å². The Kier molecular flexibility index (Phi) is 5.54. The normalized spacial score (nSPS) is 10.1. The average molecular weight is 223 g/mol. The van der Waals surface area contributed by atoms with Crippen LogP contribution in [0.1, 0.15) is 33.1 Å². The lowest BCUT2D eigenvalue weighted by molar-refractivity contribution is 0.298. The van der Waals surface area contributed by atoms with E-state index in [9.17, 15) is 0 Å². The molecular formula is C13H21NO2. The van der Waals surface area contributed by atoms with Gasteiger partial charge < -0.3 is 15.2 Å². The van der Waals surface area contributed by atoms with Gasteiger partial charge in [0.1, 0.15) is 11.5 Å². The maximum Gasteiger partial charge on any atom is 0.125 e. The molecule has 0 unspecified atom stereocenters. The van der Waals surface area contributed by atoms with Crippen molar-refractivity contribution in [3.8, 4) is 11.5 Å². The number of unbranched alkanes of at least 4 members (excludes halogenated alkanes) is 1. The summed E-state index contributed by atoms with van der Waals surface area (Å²) in [6.07, 6.45) is 3.17. The van der Waals surface area contributed by atoms with E-state index in [1.54, 1.807) is 0 Å². The molecule has 0 aliphatic heterocycles. The van der Waals surface area contributed by atoms with Crippen molar-refractivity contribution in [2.45, 2.75) is 33.1 Å². The van der Waals surface area contributed by atoms with Gasteiger partial charge in [0, 0.05) is 23.9 Å². The maximum absolute atomic E-state index is 5.78. The first-order valence-corrected chi connectivity index (χ1v) is 5.92. The summed E-state index contributed by atoms with van der Waals surface area (Å²) in [6, 6.07) is 5.54. The van der Waals surface area contributed by atoms with Gasteiger partial charge in [0.2, 0.25) is 0 Å². The third kappa shape index (κ3) is 4.43. The van der Waals surface area contributed by atoms with Crippen LogP contribution in [0, 0.1) is 0 Å². The lowest BCUT2D eigenvalue weighted by Gasteiger charge is -2.10. The van der Waals surface area contributed by atoms with Gasteiger partial charge in [-0.3, -0.25) is 0 Å². The van der Waals surface area contributed by atoms with Gasteiger partial charge in [-0.15, -0.1) is 0 Å². The molecule has 2 N–H and O–H groups in total. The molecule has 0 fully saturated rings. The second-order valence-corrected chi connectivity index (χ2v) is 3.79. The van der Waals surface area contributed by atoms with E-state index in [1.165, 1.54) is 0 Å². The van der Waals surface area contributed by atoms with Crippen LogP contribution >= 0.6 is 0 Å². The standard InChI is InChI=1S/C13H21NO2/c1-3-5-7-16-13-9-11(14)8-12(10-13)15-6-4-2/h8-10H,3-7,14H2,1-2H3. The Morgan fingerprint density at radius 2 is 1.56 bits per heavy atom. The van der Waals surface area contributed by atoms with E-state index in [0.29, 0.717) is 12.3 Å². The number of ether oxygens (including phenoxy) is 2. The van der Waals surface area contributed by atoms with Crippen molar-refractivity contribution in [1.29, 1.82) is 0 Å². The predicted octanol–water partition coefficient (Wildman–Crippen LogP) is 3.24. The molecule has 90 valence electrons. The molecule has 3 nitrogen and oxygen atoms in total. The zero-order valence-electron chi connectivity index (χ0n) is 10.2. The fourth-order valence-electron chi connectivity index (χ4n) is 1.31. The number of anilines is 1. The van der Waals surface area contributed by atoms with Crippen molar-refractivity contribution in [1.82, 2.24) is 0 Å². The fourth-order valence-corrected chi connectivity index (χ4v) is 1.31. The second kappa shape index (κ2) is 6.99. The molecule has 0 spiro atoms. The molecule has 1 rings (SSSR count). The monoisotopic (exact) mass is 223 g/mol. The van der Waals surface area contributed by atoms with Crippen LogP contribution in [0.5, 0.6) is 11.5 Å². The molecule has 3 heteroatoms. The van der Waals surface area contributed by atoms with Gasteiger partial charge in [-0.1, -0.05) is 20.3 Å². The van der Waals surface area contributed by atoms with Gasteiger partial charge in [-0.2, -0.15) is 0 Å². The molecule has 0 radical (unpaired) electrons. The van der Waals surface area contributed by atoms with E-state index in [0.717, 1.165) is 37.4 Å². The van der Waals surface area contributed by atoms with Crippen LogP contribution in [-0.2, 0) is 0 Å². The first-order valence-electron chi connectivity index (χ1n) is 5.92. The van der Waals surface area contributed by atoms with Gasteiger partial charge >= 0.3 is 0 Å². The first kappa shape index (κ1) is 12.7. The molecule has 0 amide bonds.